The molecule has 1 unspecified atom stereocenters. The predicted octanol–water partition coefficient (Wildman–Crippen LogP) is 2.98. The van der Waals surface area contributed by atoms with Crippen LogP contribution in [0.1, 0.15) is 64.7 Å². The Hall–Kier alpha value is -0.880. The fourth-order valence-electron chi connectivity index (χ4n) is 2.33. The first-order valence-corrected chi connectivity index (χ1v) is 8.92. The van der Waals surface area contributed by atoms with Gasteiger partial charge in [0.1, 0.15) is 0 Å². The van der Waals surface area contributed by atoms with Gasteiger partial charge in [0.2, 0.25) is 5.91 Å². The van der Waals surface area contributed by atoms with Gasteiger partial charge in [0.15, 0.2) is 0 Å². The van der Waals surface area contributed by atoms with Crippen LogP contribution < -0.4 is 0 Å². The molecule has 0 bridgehead atoms. The van der Waals surface area contributed by atoms with E-state index in [1.165, 1.54) is 63.9 Å². The minimum absolute atomic E-state index is 0.106. The lowest BCUT2D eigenvalue weighted by atomic mass is 10.1. The van der Waals surface area contributed by atoms with E-state index in [4.69, 9.17) is 13.0 Å². The quantitative estimate of drug-likeness (QED) is 0.213. The molecule has 1 heterocycles. The third-order valence-electron chi connectivity index (χ3n) is 3.56. The highest BCUT2D eigenvalue weighted by Gasteiger charge is 2.35. The number of rotatable bonds is 10. The largest absolute Gasteiger partial charge is 0.332 e. The molecule has 0 aliphatic carbocycles. The van der Waals surface area contributed by atoms with Crippen LogP contribution in [0.3, 0.4) is 0 Å². The van der Waals surface area contributed by atoms with Crippen LogP contribution in [0, 0.1) is 0 Å². The van der Waals surface area contributed by atoms with Crippen molar-refractivity contribution >= 4 is 16.9 Å². The van der Waals surface area contributed by atoms with Crippen molar-refractivity contribution < 1.29 is 17.8 Å². The molecule has 0 aromatic rings. The van der Waals surface area contributed by atoms with Crippen molar-refractivity contribution in [2.45, 2.75) is 70.8 Å². The lowest BCUT2D eigenvalue weighted by Crippen LogP contribution is -2.09. The fourth-order valence-corrected chi connectivity index (χ4v) is 2.33. The molecule has 1 amide bonds. The lowest BCUT2D eigenvalue weighted by molar-refractivity contribution is -0.121. The van der Waals surface area contributed by atoms with Gasteiger partial charge in [-0.1, -0.05) is 64.9 Å². The Morgan fingerprint density at radius 2 is 1.67 bits per heavy atom. The summed E-state index contributed by atoms with van der Waals surface area (Å²) in [4.78, 5) is 13.1. The van der Waals surface area contributed by atoms with Crippen molar-refractivity contribution in [2.75, 3.05) is 6.54 Å². The average molecular weight is 319 g/mol. The number of unbranched alkanes of at least 4 members (excludes halogenated alkanes) is 7. The minimum Gasteiger partial charge on any atom is -0.332 e. The van der Waals surface area contributed by atoms with Crippen LogP contribution in [-0.4, -0.2) is 36.4 Å². The van der Waals surface area contributed by atoms with Crippen molar-refractivity contribution in [3.63, 3.8) is 0 Å². The molecule has 1 N–H and O–H groups in total. The third-order valence-corrected chi connectivity index (χ3v) is 3.56. The third kappa shape index (κ3) is 12.6. The molecule has 5 nitrogen and oxygen atoms in total. The summed E-state index contributed by atoms with van der Waals surface area (Å²) < 4.78 is 24.2. The molecule has 0 aromatic carbocycles. The van der Waals surface area contributed by atoms with Crippen molar-refractivity contribution in [3.8, 4) is 0 Å². The summed E-state index contributed by atoms with van der Waals surface area (Å²) in [6.45, 7) is 6.73. The van der Waals surface area contributed by atoms with Crippen LogP contribution in [0.15, 0.2) is 12.7 Å². The molecular weight excluding hydrogens is 290 g/mol. The van der Waals surface area contributed by atoms with E-state index < -0.39 is 11.0 Å². The zero-order chi connectivity index (χ0) is 16.1. The number of hydrogen-bond acceptors (Lipinski definition) is 3. The summed E-state index contributed by atoms with van der Waals surface area (Å²) in [5.74, 6) is 0.106. The maximum atomic E-state index is 11.2. The molecule has 124 valence electrons. The minimum atomic E-state index is -3.12. The first kappa shape index (κ1) is 20.1. The van der Waals surface area contributed by atoms with Gasteiger partial charge in [0.25, 0.3) is 11.0 Å². The van der Waals surface area contributed by atoms with Crippen molar-refractivity contribution in [1.82, 2.24) is 4.90 Å². The highest BCUT2D eigenvalue weighted by Crippen LogP contribution is 2.24. The van der Waals surface area contributed by atoms with Crippen molar-refractivity contribution in [3.05, 3.63) is 12.7 Å². The first-order chi connectivity index (χ1) is 10.0. The lowest BCUT2D eigenvalue weighted by Gasteiger charge is -2.02. The molecule has 21 heavy (non-hydrogen) atoms. The molecule has 1 fully saturated rings. The van der Waals surface area contributed by atoms with Gasteiger partial charge in [-0.15, -0.1) is 0 Å². The summed E-state index contributed by atoms with van der Waals surface area (Å²) in [5, 5.41) is 0. The Morgan fingerprint density at radius 1 is 1.19 bits per heavy atom. The topological polar surface area (TPSA) is 74.5 Å². The molecule has 1 aliphatic rings. The van der Waals surface area contributed by atoms with Crippen LogP contribution in [0.2, 0.25) is 0 Å². The van der Waals surface area contributed by atoms with Crippen LogP contribution >= 0.6 is 0 Å². The molecule has 0 aromatic heterocycles. The maximum absolute atomic E-state index is 11.2. The molecule has 1 aliphatic heterocycles. The van der Waals surface area contributed by atoms with E-state index >= 15 is 0 Å². The van der Waals surface area contributed by atoms with Crippen molar-refractivity contribution in [2.24, 2.45) is 0 Å². The van der Waals surface area contributed by atoms with Gasteiger partial charge in [-0.25, -0.2) is 8.42 Å². The van der Waals surface area contributed by atoms with E-state index in [1.54, 1.807) is 0 Å². The van der Waals surface area contributed by atoms with Crippen LogP contribution in [0.5, 0.6) is 0 Å². The zero-order valence-corrected chi connectivity index (χ0v) is 13.9. The zero-order valence-electron chi connectivity index (χ0n) is 13.0. The molecule has 0 saturated carbocycles. The second-order valence-corrected chi connectivity index (χ2v) is 5.83. The Kier molecular flexibility index (Phi) is 12.3. The van der Waals surface area contributed by atoms with E-state index in [0.29, 0.717) is 6.04 Å². The highest BCUT2D eigenvalue weighted by molar-refractivity contribution is 7.66. The number of hydrogen-bond donors (Lipinski definition) is 2. The second-order valence-electron chi connectivity index (χ2n) is 5.35. The van der Waals surface area contributed by atoms with E-state index in [0.717, 1.165) is 6.54 Å². The van der Waals surface area contributed by atoms with Crippen molar-refractivity contribution in [1.29, 1.82) is 0 Å². The average Bonchev–Trinajstić information content (AvgIpc) is 3.20. The Morgan fingerprint density at radius 3 is 2.14 bits per heavy atom. The number of nitrogens with zero attached hydrogens (tertiary/aromatic N) is 1. The maximum Gasteiger partial charge on any atom is 0.254 e. The first-order valence-electron chi connectivity index (χ1n) is 7.79. The normalized spacial score (nSPS) is 16.3. The molecule has 6 heteroatoms. The summed E-state index contributed by atoms with van der Waals surface area (Å²) >= 11 is 0. The molecule has 1 rings (SSSR count). The monoisotopic (exact) mass is 319 g/mol. The SMILES string of the molecule is C=CC(=O)N1CC1CCCCCCCCCC.O=[SH](=O)O. The van der Waals surface area contributed by atoms with Gasteiger partial charge in [0, 0.05) is 12.6 Å². The van der Waals surface area contributed by atoms with Crippen LogP contribution in [-0.2, 0) is 15.8 Å². The van der Waals surface area contributed by atoms with E-state index in [9.17, 15) is 4.79 Å². The van der Waals surface area contributed by atoms with Gasteiger partial charge in [-0.2, -0.15) is 0 Å². The number of amides is 1. The highest BCUT2D eigenvalue weighted by atomic mass is 32.2. The molecule has 0 radical (unpaired) electrons. The Labute approximate surface area is 130 Å². The number of carbonyl (C=O) groups is 1. The van der Waals surface area contributed by atoms with E-state index in [1.807, 2.05) is 4.90 Å². The smallest absolute Gasteiger partial charge is 0.254 e. The van der Waals surface area contributed by atoms with Gasteiger partial charge in [-0.05, 0) is 12.5 Å². The second kappa shape index (κ2) is 12.8. The van der Waals surface area contributed by atoms with Gasteiger partial charge in [-0.3, -0.25) is 9.35 Å². The van der Waals surface area contributed by atoms with E-state index in [2.05, 4.69) is 13.5 Å². The molecular formula is C15H29NO4S. The summed E-state index contributed by atoms with van der Waals surface area (Å²) in [7, 11) is -3.12. The Balaban J connectivity index is 0.000000885. The van der Waals surface area contributed by atoms with Crippen LogP contribution in [0.25, 0.3) is 0 Å². The van der Waals surface area contributed by atoms with Crippen LogP contribution in [0.4, 0.5) is 0 Å². The molecule has 0 spiro atoms. The summed E-state index contributed by atoms with van der Waals surface area (Å²) in [6, 6.07) is 0.528. The fraction of sp³-hybridized carbons (Fsp3) is 0.800. The molecule has 1 saturated heterocycles. The Bertz CT molecular complexity index is 361. The number of thiol groups is 1. The summed E-state index contributed by atoms with van der Waals surface area (Å²) in [5.41, 5.74) is 0. The van der Waals surface area contributed by atoms with Gasteiger partial charge in [0.05, 0.1) is 0 Å². The van der Waals surface area contributed by atoms with E-state index in [-0.39, 0.29) is 5.91 Å². The predicted molar refractivity (Wildman–Crippen MR) is 85.9 cm³/mol. The summed E-state index contributed by atoms with van der Waals surface area (Å²) in [6.07, 6.45) is 13.5. The van der Waals surface area contributed by atoms with Gasteiger partial charge >= 0.3 is 0 Å². The number of carbonyl (C=O) groups excluding carboxylic acids is 1. The molecule has 1 atom stereocenters. The van der Waals surface area contributed by atoms with Gasteiger partial charge < -0.3 is 4.90 Å². The standard InChI is InChI=1S/C15H27NO.H2O3S/c1-3-5-6-7-8-9-10-11-12-14-13-16(14)15(17)4-2;1-4(2)3/h4,14H,2-3,5-13H2,1H3;4H,(H,1,2,3).